The number of pyridine rings is 1. The molecule has 0 amide bonds. The van der Waals surface area contributed by atoms with E-state index in [4.69, 9.17) is 0 Å². The molecule has 6 heteroatoms. The molecule has 0 atom stereocenters. The first-order valence-corrected chi connectivity index (χ1v) is 8.10. The van der Waals surface area contributed by atoms with Crippen molar-refractivity contribution >= 4 is 27.6 Å². The van der Waals surface area contributed by atoms with E-state index in [0.29, 0.717) is 15.8 Å². The van der Waals surface area contributed by atoms with Gasteiger partial charge in [-0.15, -0.1) is 11.3 Å². The molecule has 0 aliphatic heterocycles. The lowest BCUT2D eigenvalue weighted by molar-refractivity contribution is -0.157. The maximum atomic E-state index is 14.4. The lowest BCUT2D eigenvalue weighted by atomic mass is 9.91. The third-order valence-corrected chi connectivity index (χ3v) is 5.22. The average molecular weight is 349 g/mol. The van der Waals surface area contributed by atoms with E-state index in [0.717, 1.165) is 10.4 Å². The lowest BCUT2D eigenvalue weighted by Gasteiger charge is -2.19. The van der Waals surface area contributed by atoms with E-state index in [-0.39, 0.29) is 11.3 Å². The smallest absolute Gasteiger partial charge is 0.254 e. The molecule has 0 spiro atoms. The predicted octanol–water partition coefficient (Wildman–Crippen LogP) is 5.48. The van der Waals surface area contributed by atoms with Gasteiger partial charge in [-0.05, 0) is 31.9 Å². The number of benzene rings is 1. The lowest BCUT2D eigenvalue weighted by Crippen LogP contribution is -2.25. The molecule has 0 N–H and O–H groups in total. The number of aromatic nitrogens is 1. The summed E-state index contributed by atoms with van der Waals surface area (Å²) in [7, 11) is 0. The second kappa shape index (κ2) is 5.70. The molecule has 2 heterocycles. The molecule has 2 nitrogen and oxygen atoms in total. The Morgan fingerprint density at radius 1 is 1.12 bits per heavy atom. The Morgan fingerprint density at radius 2 is 1.75 bits per heavy atom. The van der Waals surface area contributed by atoms with Crippen LogP contribution in [0.1, 0.15) is 21.7 Å². The van der Waals surface area contributed by atoms with Gasteiger partial charge in [0.25, 0.3) is 0 Å². The van der Waals surface area contributed by atoms with E-state index in [9.17, 15) is 18.0 Å². The van der Waals surface area contributed by atoms with Gasteiger partial charge in [-0.1, -0.05) is 30.3 Å². The van der Waals surface area contributed by atoms with Crippen molar-refractivity contribution in [2.45, 2.75) is 26.7 Å². The molecule has 0 saturated carbocycles. The number of fused-ring (bicyclic) bond motifs is 1. The Labute approximate surface area is 141 Å². The van der Waals surface area contributed by atoms with Crippen molar-refractivity contribution in [3.05, 3.63) is 52.0 Å². The minimum Gasteiger partial charge on any atom is -0.254 e. The van der Waals surface area contributed by atoms with Gasteiger partial charge in [0.15, 0.2) is 0 Å². The van der Waals surface area contributed by atoms with Gasteiger partial charge in [0.05, 0.1) is 5.56 Å². The zero-order chi connectivity index (χ0) is 17.6. The fourth-order valence-corrected chi connectivity index (χ4v) is 3.96. The van der Waals surface area contributed by atoms with Gasteiger partial charge >= 0.3 is 12.0 Å². The van der Waals surface area contributed by atoms with Crippen LogP contribution in [-0.2, 0) is 10.7 Å². The summed E-state index contributed by atoms with van der Waals surface area (Å²) in [5, 5.41) is 0.547. The van der Waals surface area contributed by atoms with Crippen LogP contribution in [0.5, 0.6) is 0 Å². The zero-order valence-electron chi connectivity index (χ0n) is 13.3. The highest BCUT2D eigenvalue weighted by Gasteiger charge is 2.46. The summed E-state index contributed by atoms with van der Waals surface area (Å²) in [6, 6.07) is 5.85. The van der Waals surface area contributed by atoms with E-state index in [1.54, 1.807) is 30.3 Å². The molecule has 0 aliphatic rings. The third-order valence-electron chi connectivity index (χ3n) is 4.12. The number of carbonyl (C=O) groups excluding carboxylic acids is 1. The SMILES string of the molecule is Cc1nc2sc(C)c(C)c2c(-c2ccccc2)c1C(F)(F)C(=O)F. The molecule has 24 heavy (non-hydrogen) atoms. The van der Waals surface area contributed by atoms with Crippen molar-refractivity contribution in [2.75, 3.05) is 0 Å². The minimum absolute atomic E-state index is 0.0430. The van der Waals surface area contributed by atoms with Crippen LogP contribution in [0, 0.1) is 20.8 Å². The summed E-state index contributed by atoms with van der Waals surface area (Å²) >= 11 is 1.39. The van der Waals surface area contributed by atoms with E-state index in [2.05, 4.69) is 4.98 Å². The first kappa shape index (κ1) is 16.6. The predicted molar refractivity (Wildman–Crippen MR) is 89.3 cm³/mol. The molecule has 2 aromatic heterocycles. The summed E-state index contributed by atoms with van der Waals surface area (Å²) in [6.45, 7) is 5.07. The molecule has 3 rings (SSSR count). The fourth-order valence-electron chi connectivity index (χ4n) is 2.87. The Kier molecular flexibility index (Phi) is 3.95. The molecule has 0 unspecified atom stereocenters. The second-order valence-electron chi connectivity index (χ2n) is 5.62. The van der Waals surface area contributed by atoms with Crippen molar-refractivity contribution < 1.29 is 18.0 Å². The number of nitrogens with zero attached hydrogens (tertiary/aromatic N) is 1. The van der Waals surface area contributed by atoms with E-state index >= 15 is 0 Å². The maximum Gasteiger partial charge on any atom is 0.375 e. The van der Waals surface area contributed by atoms with E-state index in [1.807, 2.05) is 13.8 Å². The van der Waals surface area contributed by atoms with Crippen molar-refractivity contribution in [3.8, 4) is 11.1 Å². The highest BCUT2D eigenvalue weighted by molar-refractivity contribution is 7.18. The number of hydrogen-bond donors (Lipinski definition) is 0. The van der Waals surface area contributed by atoms with E-state index in [1.165, 1.54) is 18.3 Å². The number of aryl methyl sites for hydroxylation is 3. The van der Waals surface area contributed by atoms with Crippen molar-refractivity contribution in [3.63, 3.8) is 0 Å². The molecular weight excluding hydrogens is 335 g/mol. The summed E-state index contributed by atoms with van der Waals surface area (Å²) in [5.74, 6) is -4.24. The van der Waals surface area contributed by atoms with Gasteiger partial charge in [0.2, 0.25) is 0 Å². The fraction of sp³-hybridized carbons (Fsp3) is 0.222. The molecule has 0 radical (unpaired) electrons. The number of alkyl halides is 2. The number of halogens is 3. The quantitative estimate of drug-likeness (QED) is 0.586. The monoisotopic (exact) mass is 349 g/mol. The van der Waals surface area contributed by atoms with Crippen LogP contribution in [0.3, 0.4) is 0 Å². The van der Waals surface area contributed by atoms with Crippen LogP contribution < -0.4 is 0 Å². The molecule has 124 valence electrons. The largest absolute Gasteiger partial charge is 0.375 e. The van der Waals surface area contributed by atoms with Crippen LogP contribution in [-0.4, -0.2) is 11.0 Å². The Balaban J connectivity index is 2.54. The number of hydrogen-bond acceptors (Lipinski definition) is 3. The van der Waals surface area contributed by atoms with Crippen molar-refractivity contribution in [2.24, 2.45) is 0 Å². The first-order chi connectivity index (χ1) is 11.2. The van der Waals surface area contributed by atoms with Crippen LogP contribution in [0.15, 0.2) is 30.3 Å². The molecular formula is C18H14F3NOS. The van der Waals surface area contributed by atoms with Gasteiger partial charge in [-0.3, -0.25) is 4.79 Å². The van der Waals surface area contributed by atoms with Crippen LogP contribution >= 0.6 is 11.3 Å². The number of thiophene rings is 1. The van der Waals surface area contributed by atoms with Gasteiger partial charge in [0.1, 0.15) is 4.83 Å². The maximum absolute atomic E-state index is 14.4. The second-order valence-corrected chi connectivity index (χ2v) is 6.83. The van der Waals surface area contributed by atoms with Gasteiger partial charge < -0.3 is 0 Å². The number of carbonyl (C=O) groups is 1. The molecule has 0 fully saturated rings. The van der Waals surface area contributed by atoms with E-state index < -0.39 is 17.5 Å². The van der Waals surface area contributed by atoms with Gasteiger partial charge in [0, 0.05) is 21.5 Å². The van der Waals surface area contributed by atoms with Crippen molar-refractivity contribution in [1.82, 2.24) is 4.98 Å². The average Bonchev–Trinajstić information content (AvgIpc) is 2.81. The highest BCUT2D eigenvalue weighted by Crippen LogP contribution is 2.45. The summed E-state index contributed by atoms with van der Waals surface area (Å²) in [6.07, 6.45) is 0. The van der Waals surface area contributed by atoms with Crippen molar-refractivity contribution in [1.29, 1.82) is 0 Å². The van der Waals surface area contributed by atoms with Crippen LogP contribution in [0.25, 0.3) is 21.3 Å². The summed E-state index contributed by atoms with van der Waals surface area (Å²) < 4.78 is 41.9. The zero-order valence-corrected chi connectivity index (χ0v) is 14.1. The highest BCUT2D eigenvalue weighted by atomic mass is 32.1. The topological polar surface area (TPSA) is 30.0 Å². The molecule has 0 aliphatic carbocycles. The minimum atomic E-state index is -4.24. The normalized spacial score (nSPS) is 11.9. The Bertz CT molecular complexity index is 948. The summed E-state index contributed by atoms with van der Waals surface area (Å²) in [5.41, 5.74) is 0.790. The molecule has 0 bridgehead atoms. The Hall–Kier alpha value is -2.21. The third kappa shape index (κ3) is 2.41. The number of rotatable bonds is 3. The molecule has 3 aromatic rings. The standard InChI is InChI=1S/C18H14F3NOS/c1-9-11(3)24-16-13(9)14(12-7-5-4-6-8-12)15(10(2)22-16)18(20,21)17(19)23/h4-8H,1-3H3. The molecule has 1 aromatic carbocycles. The van der Waals surface area contributed by atoms with Gasteiger partial charge in [-0.2, -0.15) is 13.2 Å². The van der Waals surface area contributed by atoms with Crippen LogP contribution in [0.2, 0.25) is 0 Å². The summed E-state index contributed by atoms with van der Waals surface area (Å²) in [4.78, 5) is 16.7. The van der Waals surface area contributed by atoms with Crippen LogP contribution in [0.4, 0.5) is 13.2 Å². The molecule has 0 saturated heterocycles. The van der Waals surface area contributed by atoms with Gasteiger partial charge in [-0.25, -0.2) is 4.98 Å². The Morgan fingerprint density at radius 3 is 2.33 bits per heavy atom. The first-order valence-electron chi connectivity index (χ1n) is 7.29.